The van der Waals surface area contributed by atoms with Crippen molar-refractivity contribution in [3.05, 3.63) is 22.4 Å². The van der Waals surface area contributed by atoms with Gasteiger partial charge < -0.3 is 5.11 Å². The molecule has 1 heterocycles. The van der Waals surface area contributed by atoms with E-state index in [0.717, 1.165) is 31.1 Å². The lowest BCUT2D eigenvalue weighted by atomic mass is 9.73. The van der Waals surface area contributed by atoms with Gasteiger partial charge in [0.05, 0.1) is 5.60 Å². The van der Waals surface area contributed by atoms with Crippen LogP contribution in [0.4, 0.5) is 0 Å². The van der Waals surface area contributed by atoms with Crippen LogP contribution in [-0.2, 0) is 6.42 Å². The molecule has 2 heteroatoms. The van der Waals surface area contributed by atoms with Crippen LogP contribution >= 0.6 is 11.3 Å². The fourth-order valence-corrected chi connectivity index (χ4v) is 3.96. The smallest absolute Gasteiger partial charge is 0.0691 e. The standard InChI is InChI=1S/C14H20OS/c15-14(8-11-5-7-16-10-11)6-1-2-13(9-14)12-3-4-12/h5,7,10,12-13,15H,1-4,6,8-9H2. The van der Waals surface area contributed by atoms with Crippen molar-refractivity contribution in [1.29, 1.82) is 0 Å². The van der Waals surface area contributed by atoms with Crippen molar-refractivity contribution >= 4 is 11.3 Å². The Kier molecular flexibility index (Phi) is 2.80. The molecule has 1 nitrogen and oxygen atoms in total. The molecule has 2 aliphatic carbocycles. The lowest BCUT2D eigenvalue weighted by molar-refractivity contribution is -0.0194. The van der Waals surface area contributed by atoms with Gasteiger partial charge in [-0.3, -0.25) is 0 Å². The van der Waals surface area contributed by atoms with Gasteiger partial charge in [0.15, 0.2) is 0 Å². The van der Waals surface area contributed by atoms with E-state index in [1.165, 1.54) is 31.2 Å². The minimum absolute atomic E-state index is 0.396. The highest BCUT2D eigenvalue weighted by atomic mass is 32.1. The van der Waals surface area contributed by atoms with Gasteiger partial charge in [0, 0.05) is 6.42 Å². The molecule has 0 aromatic carbocycles. The molecule has 2 saturated carbocycles. The van der Waals surface area contributed by atoms with Crippen molar-refractivity contribution in [2.24, 2.45) is 11.8 Å². The zero-order valence-electron chi connectivity index (χ0n) is 9.69. The van der Waals surface area contributed by atoms with Gasteiger partial charge in [-0.25, -0.2) is 0 Å². The van der Waals surface area contributed by atoms with Crippen LogP contribution < -0.4 is 0 Å². The summed E-state index contributed by atoms with van der Waals surface area (Å²) in [5.41, 5.74) is 0.927. The predicted molar refractivity (Wildman–Crippen MR) is 67.7 cm³/mol. The average molecular weight is 236 g/mol. The van der Waals surface area contributed by atoms with Crippen LogP contribution in [0.1, 0.15) is 44.1 Å². The van der Waals surface area contributed by atoms with E-state index in [-0.39, 0.29) is 0 Å². The summed E-state index contributed by atoms with van der Waals surface area (Å²) in [5.74, 6) is 1.77. The molecule has 2 aliphatic rings. The number of thiophene rings is 1. The van der Waals surface area contributed by atoms with Crippen molar-refractivity contribution < 1.29 is 5.11 Å². The Hall–Kier alpha value is -0.340. The highest BCUT2D eigenvalue weighted by molar-refractivity contribution is 7.07. The van der Waals surface area contributed by atoms with E-state index >= 15 is 0 Å². The molecule has 0 spiro atoms. The van der Waals surface area contributed by atoms with E-state index in [0.29, 0.717) is 0 Å². The normalized spacial score (nSPS) is 35.2. The monoisotopic (exact) mass is 236 g/mol. The average Bonchev–Trinajstić information content (AvgIpc) is 2.99. The van der Waals surface area contributed by atoms with Gasteiger partial charge >= 0.3 is 0 Å². The molecule has 3 rings (SSSR count). The van der Waals surface area contributed by atoms with E-state index in [1.807, 2.05) is 0 Å². The van der Waals surface area contributed by atoms with Crippen LogP contribution in [0, 0.1) is 11.8 Å². The quantitative estimate of drug-likeness (QED) is 0.850. The van der Waals surface area contributed by atoms with Gasteiger partial charge in [0.2, 0.25) is 0 Å². The molecule has 1 aromatic heterocycles. The molecular formula is C14H20OS. The minimum atomic E-state index is -0.396. The topological polar surface area (TPSA) is 20.2 Å². The molecule has 88 valence electrons. The van der Waals surface area contributed by atoms with Crippen LogP contribution in [0.25, 0.3) is 0 Å². The summed E-state index contributed by atoms with van der Waals surface area (Å²) in [7, 11) is 0. The summed E-state index contributed by atoms with van der Waals surface area (Å²) in [4.78, 5) is 0. The first-order valence-electron chi connectivity index (χ1n) is 6.49. The summed E-state index contributed by atoms with van der Waals surface area (Å²) in [6.45, 7) is 0. The Balaban J connectivity index is 1.66. The maximum atomic E-state index is 10.7. The maximum absolute atomic E-state index is 10.7. The van der Waals surface area contributed by atoms with Gasteiger partial charge in [0.25, 0.3) is 0 Å². The zero-order valence-corrected chi connectivity index (χ0v) is 10.5. The SMILES string of the molecule is OC1(Cc2ccsc2)CCCC(C2CC2)C1. The molecule has 0 aliphatic heterocycles. The van der Waals surface area contributed by atoms with E-state index in [4.69, 9.17) is 0 Å². The van der Waals surface area contributed by atoms with Crippen LogP contribution in [0.3, 0.4) is 0 Å². The third-order valence-corrected chi connectivity index (χ3v) is 4.99. The zero-order chi connectivity index (χ0) is 11.0. The molecule has 0 radical (unpaired) electrons. The third-order valence-electron chi connectivity index (χ3n) is 4.26. The summed E-state index contributed by atoms with van der Waals surface area (Å²) in [6, 6.07) is 2.16. The van der Waals surface area contributed by atoms with E-state index in [2.05, 4.69) is 16.8 Å². The Morgan fingerprint density at radius 3 is 2.88 bits per heavy atom. The van der Waals surface area contributed by atoms with Gasteiger partial charge in [-0.05, 0) is 66.3 Å². The lowest BCUT2D eigenvalue weighted by Gasteiger charge is -2.37. The second-order valence-corrected chi connectivity index (χ2v) is 6.51. The Labute approximate surface area is 102 Å². The van der Waals surface area contributed by atoms with Crippen molar-refractivity contribution in [3.63, 3.8) is 0 Å². The van der Waals surface area contributed by atoms with Crippen molar-refractivity contribution in [3.8, 4) is 0 Å². The maximum Gasteiger partial charge on any atom is 0.0691 e. The second kappa shape index (κ2) is 4.15. The largest absolute Gasteiger partial charge is 0.390 e. The summed E-state index contributed by atoms with van der Waals surface area (Å²) < 4.78 is 0. The summed E-state index contributed by atoms with van der Waals surface area (Å²) >= 11 is 1.74. The molecule has 2 fully saturated rings. The molecule has 1 aromatic rings. The number of aliphatic hydroxyl groups is 1. The number of hydrogen-bond donors (Lipinski definition) is 1. The number of rotatable bonds is 3. The molecule has 16 heavy (non-hydrogen) atoms. The van der Waals surface area contributed by atoms with Crippen molar-refractivity contribution in [1.82, 2.24) is 0 Å². The van der Waals surface area contributed by atoms with E-state index in [9.17, 15) is 5.11 Å². The highest BCUT2D eigenvalue weighted by Crippen LogP contribution is 2.47. The van der Waals surface area contributed by atoms with Crippen molar-refractivity contribution in [2.45, 2.75) is 50.5 Å². The Bertz CT molecular complexity index is 342. The Morgan fingerprint density at radius 2 is 2.19 bits per heavy atom. The minimum Gasteiger partial charge on any atom is -0.390 e. The van der Waals surface area contributed by atoms with Crippen LogP contribution in [0.5, 0.6) is 0 Å². The number of hydrogen-bond acceptors (Lipinski definition) is 2. The molecule has 0 saturated heterocycles. The third kappa shape index (κ3) is 2.33. The van der Waals surface area contributed by atoms with Crippen LogP contribution in [-0.4, -0.2) is 10.7 Å². The molecule has 0 bridgehead atoms. The first-order valence-corrected chi connectivity index (χ1v) is 7.43. The summed E-state index contributed by atoms with van der Waals surface area (Å²) in [5, 5.41) is 15.0. The van der Waals surface area contributed by atoms with Gasteiger partial charge in [-0.1, -0.05) is 6.42 Å². The highest BCUT2D eigenvalue weighted by Gasteiger charge is 2.40. The second-order valence-electron chi connectivity index (χ2n) is 5.73. The fourth-order valence-electron chi connectivity index (χ4n) is 3.29. The summed E-state index contributed by atoms with van der Waals surface area (Å²) in [6.07, 6.45) is 8.34. The Morgan fingerprint density at radius 1 is 1.31 bits per heavy atom. The van der Waals surface area contributed by atoms with E-state index < -0.39 is 5.60 Å². The van der Waals surface area contributed by atoms with Crippen molar-refractivity contribution in [2.75, 3.05) is 0 Å². The van der Waals surface area contributed by atoms with E-state index in [1.54, 1.807) is 11.3 Å². The predicted octanol–water partition coefficient (Wildman–Crippen LogP) is 3.62. The van der Waals surface area contributed by atoms with Crippen LogP contribution in [0.2, 0.25) is 0 Å². The fraction of sp³-hybridized carbons (Fsp3) is 0.714. The molecule has 2 unspecified atom stereocenters. The molecular weight excluding hydrogens is 216 g/mol. The lowest BCUT2D eigenvalue weighted by Crippen LogP contribution is -2.37. The molecule has 2 atom stereocenters. The van der Waals surface area contributed by atoms with Gasteiger partial charge in [-0.15, -0.1) is 0 Å². The van der Waals surface area contributed by atoms with Crippen LogP contribution in [0.15, 0.2) is 16.8 Å². The van der Waals surface area contributed by atoms with Gasteiger partial charge in [-0.2, -0.15) is 11.3 Å². The van der Waals surface area contributed by atoms with Gasteiger partial charge in [0.1, 0.15) is 0 Å². The molecule has 0 amide bonds. The first kappa shape index (κ1) is 10.8. The molecule has 1 N–H and O–H groups in total. The first-order chi connectivity index (χ1) is 7.75.